The van der Waals surface area contributed by atoms with E-state index < -0.39 is 0 Å². The maximum atomic E-state index is 5.44. The Hall–Kier alpha value is -2.13. The molecule has 4 rings (SSSR count). The Kier molecular flexibility index (Phi) is 2.60. The summed E-state index contributed by atoms with van der Waals surface area (Å²) in [5.41, 5.74) is 5.95. The van der Waals surface area contributed by atoms with Crippen molar-refractivity contribution in [1.82, 2.24) is 9.88 Å². The van der Waals surface area contributed by atoms with E-state index in [0.29, 0.717) is 5.92 Å². The normalized spacial score (nSPS) is 19.1. The van der Waals surface area contributed by atoms with Gasteiger partial charge in [-0.25, -0.2) is 4.98 Å². The van der Waals surface area contributed by atoms with Crippen molar-refractivity contribution < 1.29 is 4.42 Å². The lowest BCUT2D eigenvalue weighted by Gasteiger charge is -2.32. The largest absolute Gasteiger partial charge is 0.443 e. The molecular weight excluding hydrogens is 248 g/mol. The minimum absolute atomic E-state index is 0.402. The van der Waals surface area contributed by atoms with E-state index in [1.165, 1.54) is 23.1 Å². The molecule has 3 heteroatoms. The minimum Gasteiger partial charge on any atom is -0.443 e. The van der Waals surface area contributed by atoms with Crippen LogP contribution < -0.4 is 0 Å². The van der Waals surface area contributed by atoms with E-state index >= 15 is 0 Å². The number of hydrogen-bond acceptors (Lipinski definition) is 3. The first-order valence-electron chi connectivity index (χ1n) is 6.91. The van der Waals surface area contributed by atoms with Crippen LogP contribution >= 0.6 is 0 Å². The zero-order chi connectivity index (χ0) is 13.5. The molecule has 0 amide bonds. The molecule has 20 heavy (non-hydrogen) atoms. The fraction of sp³-hybridized carbons (Fsp3) is 0.235. The highest BCUT2D eigenvalue weighted by atomic mass is 16.3. The molecule has 1 aliphatic heterocycles. The number of rotatable bonds is 1. The Balaban J connectivity index is 1.84. The van der Waals surface area contributed by atoms with Crippen molar-refractivity contribution in [3.8, 4) is 0 Å². The van der Waals surface area contributed by atoms with E-state index in [-0.39, 0.29) is 0 Å². The van der Waals surface area contributed by atoms with Gasteiger partial charge >= 0.3 is 0 Å². The van der Waals surface area contributed by atoms with Gasteiger partial charge in [0.2, 0.25) is 0 Å². The molecule has 0 saturated carbocycles. The van der Waals surface area contributed by atoms with Gasteiger partial charge in [0, 0.05) is 19.0 Å². The van der Waals surface area contributed by atoms with Crippen molar-refractivity contribution in [3.63, 3.8) is 0 Å². The minimum atomic E-state index is 0.402. The molecule has 1 unspecified atom stereocenters. The number of fused-ring (bicyclic) bond motifs is 2. The van der Waals surface area contributed by atoms with Crippen molar-refractivity contribution in [2.75, 3.05) is 13.6 Å². The first-order chi connectivity index (χ1) is 9.81. The monoisotopic (exact) mass is 264 g/mol. The summed E-state index contributed by atoms with van der Waals surface area (Å²) in [7, 11) is 2.18. The molecule has 3 aromatic rings. The maximum absolute atomic E-state index is 5.44. The Labute approximate surface area is 117 Å². The summed E-state index contributed by atoms with van der Waals surface area (Å²) in [6.45, 7) is 2.06. The lowest BCUT2D eigenvalue weighted by atomic mass is 9.85. The zero-order valence-electron chi connectivity index (χ0n) is 11.4. The van der Waals surface area contributed by atoms with Crippen LogP contribution in [0.25, 0.3) is 11.1 Å². The van der Waals surface area contributed by atoms with Crippen LogP contribution in [-0.4, -0.2) is 23.5 Å². The smallest absolute Gasteiger partial charge is 0.181 e. The van der Waals surface area contributed by atoms with Crippen molar-refractivity contribution >= 4 is 11.1 Å². The van der Waals surface area contributed by atoms with Crippen LogP contribution in [0, 0.1) is 0 Å². The molecule has 2 aromatic carbocycles. The number of likely N-dealkylation sites (N-methyl/N-ethyl adjacent to an activating group) is 1. The Morgan fingerprint density at radius 1 is 1.20 bits per heavy atom. The first-order valence-corrected chi connectivity index (χ1v) is 6.91. The van der Waals surface area contributed by atoms with E-state index in [0.717, 1.165) is 24.2 Å². The summed E-state index contributed by atoms with van der Waals surface area (Å²) in [5, 5.41) is 0. The van der Waals surface area contributed by atoms with Gasteiger partial charge in [-0.3, -0.25) is 0 Å². The van der Waals surface area contributed by atoms with Crippen LogP contribution in [0.5, 0.6) is 0 Å². The molecule has 1 atom stereocenters. The summed E-state index contributed by atoms with van der Waals surface area (Å²) >= 11 is 0. The highest BCUT2D eigenvalue weighted by molar-refractivity contribution is 5.73. The third kappa shape index (κ3) is 1.82. The molecule has 1 aliphatic rings. The van der Waals surface area contributed by atoms with Gasteiger partial charge in [0.05, 0.1) is 0 Å². The summed E-state index contributed by atoms with van der Waals surface area (Å²) in [5.74, 6) is 0.402. The SMILES string of the molecule is CN1Cc2ccccc2C(c2ccc3ncoc3c2)C1. The van der Waals surface area contributed by atoms with E-state index in [1.807, 2.05) is 6.07 Å². The van der Waals surface area contributed by atoms with Crippen LogP contribution in [0.4, 0.5) is 0 Å². The summed E-state index contributed by atoms with van der Waals surface area (Å²) in [6.07, 6.45) is 1.51. The third-order valence-corrected chi connectivity index (χ3v) is 4.12. The molecule has 0 aliphatic carbocycles. The molecule has 2 heterocycles. The molecule has 1 aromatic heterocycles. The van der Waals surface area contributed by atoms with Crippen LogP contribution in [0.3, 0.4) is 0 Å². The molecule has 0 bridgehead atoms. The first kappa shape index (κ1) is 11.7. The van der Waals surface area contributed by atoms with Crippen molar-refractivity contribution in [3.05, 3.63) is 65.5 Å². The van der Waals surface area contributed by atoms with Crippen LogP contribution in [0.2, 0.25) is 0 Å². The lowest BCUT2D eigenvalue weighted by Crippen LogP contribution is -2.30. The highest BCUT2D eigenvalue weighted by Crippen LogP contribution is 2.33. The van der Waals surface area contributed by atoms with Gasteiger partial charge in [-0.1, -0.05) is 30.3 Å². The van der Waals surface area contributed by atoms with Crippen molar-refractivity contribution in [2.45, 2.75) is 12.5 Å². The summed E-state index contributed by atoms with van der Waals surface area (Å²) < 4.78 is 5.44. The maximum Gasteiger partial charge on any atom is 0.181 e. The zero-order valence-corrected chi connectivity index (χ0v) is 11.4. The number of oxazole rings is 1. The second-order valence-electron chi connectivity index (χ2n) is 5.53. The molecule has 0 fully saturated rings. The fourth-order valence-corrected chi connectivity index (χ4v) is 3.16. The lowest BCUT2D eigenvalue weighted by molar-refractivity contribution is 0.295. The van der Waals surface area contributed by atoms with Gasteiger partial charge in [0.15, 0.2) is 12.0 Å². The predicted molar refractivity (Wildman–Crippen MR) is 78.6 cm³/mol. The van der Waals surface area contributed by atoms with Crippen molar-refractivity contribution in [2.24, 2.45) is 0 Å². The molecule has 0 radical (unpaired) electrons. The third-order valence-electron chi connectivity index (χ3n) is 4.12. The van der Waals surface area contributed by atoms with E-state index in [9.17, 15) is 0 Å². The number of hydrogen-bond donors (Lipinski definition) is 0. The van der Waals surface area contributed by atoms with Crippen LogP contribution in [-0.2, 0) is 6.54 Å². The number of aromatic nitrogens is 1. The van der Waals surface area contributed by atoms with Gasteiger partial charge in [-0.15, -0.1) is 0 Å². The van der Waals surface area contributed by atoms with E-state index in [2.05, 4.69) is 53.3 Å². The summed E-state index contributed by atoms with van der Waals surface area (Å²) in [6, 6.07) is 15.1. The predicted octanol–water partition coefficient (Wildman–Crippen LogP) is 3.41. The average molecular weight is 264 g/mol. The Bertz CT molecular complexity index is 762. The van der Waals surface area contributed by atoms with E-state index in [4.69, 9.17) is 4.42 Å². The number of nitrogens with zero attached hydrogens (tertiary/aromatic N) is 2. The van der Waals surface area contributed by atoms with Gasteiger partial charge in [0.1, 0.15) is 5.52 Å². The molecule has 0 N–H and O–H groups in total. The topological polar surface area (TPSA) is 29.3 Å². The second-order valence-corrected chi connectivity index (χ2v) is 5.53. The molecule has 3 nitrogen and oxygen atoms in total. The average Bonchev–Trinajstić information content (AvgIpc) is 2.93. The Morgan fingerprint density at radius 3 is 3.05 bits per heavy atom. The van der Waals surface area contributed by atoms with Crippen LogP contribution in [0.15, 0.2) is 53.3 Å². The van der Waals surface area contributed by atoms with Crippen molar-refractivity contribution in [1.29, 1.82) is 0 Å². The van der Waals surface area contributed by atoms with Gasteiger partial charge in [-0.2, -0.15) is 0 Å². The quantitative estimate of drug-likeness (QED) is 0.674. The molecule has 0 spiro atoms. The van der Waals surface area contributed by atoms with Crippen LogP contribution in [0.1, 0.15) is 22.6 Å². The molecule has 0 saturated heterocycles. The number of benzene rings is 2. The molecule has 100 valence electrons. The van der Waals surface area contributed by atoms with E-state index in [1.54, 1.807) is 0 Å². The van der Waals surface area contributed by atoms with Gasteiger partial charge in [-0.05, 0) is 35.9 Å². The van der Waals surface area contributed by atoms with Gasteiger partial charge < -0.3 is 9.32 Å². The molecular formula is C17H16N2O. The standard InChI is InChI=1S/C17H16N2O/c1-19-9-13-4-2-3-5-14(13)15(10-19)12-6-7-16-17(8-12)20-11-18-16/h2-8,11,15H,9-10H2,1H3. The van der Waals surface area contributed by atoms with Gasteiger partial charge in [0.25, 0.3) is 0 Å². The highest BCUT2D eigenvalue weighted by Gasteiger charge is 2.24. The Morgan fingerprint density at radius 2 is 2.10 bits per heavy atom. The second kappa shape index (κ2) is 4.46. The fourth-order valence-electron chi connectivity index (χ4n) is 3.16. The summed E-state index contributed by atoms with van der Waals surface area (Å²) in [4.78, 5) is 6.56.